The summed E-state index contributed by atoms with van der Waals surface area (Å²) in [5, 5.41) is 3.49. The number of rotatable bonds is 7. The Hall–Kier alpha value is -1.25. The van der Waals surface area contributed by atoms with Gasteiger partial charge >= 0.3 is 0 Å². The lowest BCUT2D eigenvalue weighted by atomic mass is 9.81. The van der Waals surface area contributed by atoms with E-state index in [-0.39, 0.29) is 0 Å². The molecule has 0 atom stereocenters. The van der Waals surface area contributed by atoms with E-state index in [1.807, 2.05) is 18.3 Å². The van der Waals surface area contributed by atoms with E-state index < -0.39 is 0 Å². The summed E-state index contributed by atoms with van der Waals surface area (Å²) < 4.78 is 5.74. The SMILES string of the molecule is CCCOc1cccnc1NCC1CCC(CC)CC1. The van der Waals surface area contributed by atoms with Crippen LogP contribution in [0.15, 0.2) is 18.3 Å². The maximum Gasteiger partial charge on any atom is 0.168 e. The zero-order valence-corrected chi connectivity index (χ0v) is 12.9. The second-order valence-electron chi connectivity index (χ2n) is 5.87. The lowest BCUT2D eigenvalue weighted by Gasteiger charge is -2.28. The van der Waals surface area contributed by atoms with Crippen molar-refractivity contribution in [2.24, 2.45) is 11.8 Å². The minimum absolute atomic E-state index is 0.752. The molecule has 1 saturated carbocycles. The Morgan fingerprint density at radius 2 is 1.95 bits per heavy atom. The van der Waals surface area contributed by atoms with E-state index in [2.05, 4.69) is 24.1 Å². The van der Waals surface area contributed by atoms with Crippen LogP contribution in [-0.4, -0.2) is 18.1 Å². The summed E-state index contributed by atoms with van der Waals surface area (Å²) in [6.07, 6.45) is 9.68. The lowest BCUT2D eigenvalue weighted by Crippen LogP contribution is -2.21. The molecule has 0 spiro atoms. The van der Waals surface area contributed by atoms with Gasteiger partial charge in [-0.2, -0.15) is 0 Å². The molecule has 20 heavy (non-hydrogen) atoms. The maximum atomic E-state index is 5.74. The van der Waals surface area contributed by atoms with Crippen molar-refractivity contribution >= 4 is 5.82 Å². The second kappa shape index (κ2) is 8.13. The molecular weight excluding hydrogens is 248 g/mol. The topological polar surface area (TPSA) is 34.1 Å². The van der Waals surface area contributed by atoms with Gasteiger partial charge in [-0.1, -0.05) is 33.1 Å². The number of aromatic nitrogens is 1. The molecule has 2 rings (SSSR count). The van der Waals surface area contributed by atoms with Crippen LogP contribution in [0.25, 0.3) is 0 Å². The molecule has 1 heterocycles. The van der Waals surface area contributed by atoms with Crippen molar-refractivity contribution in [3.05, 3.63) is 18.3 Å². The Morgan fingerprint density at radius 3 is 2.65 bits per heavy atom. The first-order valence-corrected chi connectivity index (χ1v) is 8.15. The van der Waals surface area contributed by atoms with Gasteiger partial charge in [-0.15, -0.1) is 0 Å². The first-order valence-electron chi connectivity index (χ1n) is 8.15. The summed E-state index contributed by atoms with van der Waals surface area (Å²) in [6.45, 7) is 6.21. The number of nitrogens with one attached hydrogen (secondary N) is 1. The van der Waals surface area contributed by atoms with Crippen LogP contribution in [0, 0.1) is 11.8 Å². The molecule has 0 aliphatic heterocycles. The fraction of sp³-hybridized carbons (Fsp3) is 0.706. The fourth-order valence-electron chi connectivity index (χ4n) is 2.94. The van der Waals surface area contributed by atoms with Crippen molar-refractivity contribution < 1.29 is 4.74 Å². The zero-order chi connectivity index (χ0) is 14.2. The third-order valence-corrected chi connectivity index (χ3v) is 4.33. The summed E-state index contributed by atoms with van der Waals surface area (Å²) in [5.41, 5.74) is 0. The average molecular weight is 276 g/mol. The number of hydrogen-bond donors (Lipinski definition) is 1. The number of ether oxygens (including phenoxy) is 1. The highest BCUT2D eigenvalue weighted by Gasteiger charge is 2.20. The van der Waals surface area contributed by atoms with Gasteiger partial charge in [0.2, 0.25) is 0 Å². The normalized spacial score (nSPS) is 22.5. The van der Waals surface area contributed by atoms with Gasteiger partial charge in [0, 0.05) is 12.7 Å². The monoisotopic (exact) mass is 276 g/mol. The Labute approximate surface area is 123 Å². The van der Waals surface area contributed by atoms with E-state index in [1.165, 1.54) is 32.1 Å². The highest BCUT2D eigenvalue weighted by molar-refractivity contribution is 5.49. The summed E-state index contributed by atoms with van der Waals surface area (Å²) in [4.78, 5) is 4.41. The van der Waals surface area contributed by atoms with Crippen LogP contribution in [0.3, 0.4) is 0 Å². The molecule has 1 aliphatic rings. The van der Waals surface area contributed by atoms with Gasteiger partial charge in [-0.05, 0) is 43.2 Å². The quantitative estimate of drug-likeness (QED) is 0.796. The van der Waals surface area contributed by atoms with E-state index in [4.69, 9.17) is 4.74 Å². The summed E-state index contributed by atoms with van der Waals surface area (Å²) in [5.74, 6) is 3.54. The first-order chi connectivity index (χ1) is 9.83. The first kappa shape index (κ1) is 15.1. The van der Waals surface area contributed by atoms with Gasteiger partial charge in [-0.25, -0.2) is 4.98 Å². The van der Waals surface area contributed by atoms with E-state index >= 15 is 0 Å². The molecule has 1 fully saturated rings. The van der Waals surface area contributed by atoms with E-state index in [0.29, 0.717) is 0 Å². The van der Waals surface area contributed by atoms with Crippen molar-refractivity contribution in [1.82, 2.24) is 4.98 Å². The molecule has 3 nitrogen and oxygen atoms in total. The molecule has 0 amide bonds. The van der Waals surface area contributed by atoms with Crippen molar-refractivity contribution in [3.63, 3.8) is 0 Å². The highest BCUT2D eigenvalue weighted by Crippen LogP contribution is 2.31. The Morgan fingerprint density at radius 1 is 1.20 bits per heavy atom. The smallest absolute Gasteiger partial charge is 0.168 e. The summed E-state index contributed by atoms with van der Waals surface area (Å²) in [7, 11) is 0. The number of hydrogen-bond acceptors (Lipinski definition) is 3. The molecular formula is C17H28N2O. The molecule has 0 unspecified atom stereocenters. The van der Waals surface area contributed by atoms with Crippen molar-refractivity contribution in [2.45, 2.75) is 52.4 Å². The molecule has 1 aliphatic carbocycles. The van der Waals surface area contributed by atoms with E-state index in [1.54, 1.807) is 0 Å². The van der Waals surface area contributed by atoms with Gasteiger partial charge in [0.05, 0.1) is 6.61 Å². The molecule has 1 N–H and O–H groups in total. The van der Waals surface area contributed by atoms with Crippen LogP contribution in [0.1, 0.15) is 52.4 Å². The Bertz CT molecular complexity index is 386. The highest BCUT2D eigenvalue weighted by atomic mass is 16.5. The molecule has 0 saturated heterocycles. The molecule has 1 aromatic rings. The number of pyridine rings is 1. The van der Waals surface area contributed by atoms with Crippen LogP contribution in [0.5, 0.6) is 5.75 Å². The van der Waals surface area contributed by atoms with Gasteiger partial charge < -0.3 is 10.1 Å². The molecule has 0 aromatic carbocycles. The molecule has 0 bridgehead atoms. The predicted molar refractivity (Wildman–Crippen MR) is 84.3 cm³/mol. The van der Waals surface area contributed by atoms with Gasteiger partial charge in [0.25, 0.3) is 0 Å². The van der Waals surface area contributed by atoms with Crippen LogP contribution in [-0.2, 0) is 0 Å². The van der Waals surface area contributed by atoms with Crippen molar-refractivity contribution in [2.75, 3.05) is 18.5 Å². The van der Waals surface area contributed by atoms with Crippen molar-refractivity contribution in [1.29, 1.82) is 0 Å². The predicted octanol–water partition coefficient (Wildman–Crippen LogP) is 4.50. The molecule has 3 heteroatoms. The molecule has 0 radical (unpaired) electrons. The summed E-state index contributed by atoms with van der Waals surface area (Å²) in [6, 6.07) is 3.93. The van der Waals surface area contributed by atoms with E-state index in [0.717, 1.165) is 43.0 Å². The average Bonchev–Trinajstić information content (AvgIpc) is 2.52. The summed E-state index contributed by atoms with van der Waals surface area (Å²) >= 11 is 0. The molecule has 1 aromatic heterocycles. The van der Waals surface area contributed by atoms with Crippen LogP contribution >= 0.6 is 0 Å². The van der Waals surface area contributed by atoms with Crippen molar-refractivity contribution in [3.8, 4) is 5.75 Å². The Balaban J connectivity index is 1.81. The third kappa shape index (κ3) is 4.39. The number of anilines is 1. The standard InChI is InChI=1S/C17H28N2O/c1-3-12-20-16-6-5-11-18-17(16)19-13-15-9-7-14(4-2)8-10-15/h5-6,11,14-15H,3-4,7-10,12-13H2,1-2H3,(H,18,19). The van der Waals surface area contributed by atoms with Crippen LogP contribution < -0.4 is 10.1 Å². The third-order valence-electron chi connectivity index (χ3n) is 4.33. The minimum atomic E-state index is 0.752. The van der Waals surface area contributed by atoms with Crippen LogP contribution in [0.2, 0.25) is 0 Å². The van der Waals surface area contributed by atoms with Gasteiger partial charge in [-0.3, -0.25) is 0 Å². The maximum absolute atomic E-state index is 5.74. The lowest BCUT2D eigenvalue weighted by molar-refractivity contribution is 0.277. The van der Waals surface area contributed by atoms with Gasteiger partial charge in [0.15, 0.2) is 11.6 Å². The Kier molecular flexibility index (Phi) is 6.16. The largest absolute Gasteiger partial charge is 0.490 e. The zero-order valence-electron chi connectivity index (χ0n) is 12.9. The van der Waals surface area contributed by atoms with Crippen LogP contribution in [0.4, 0.5) is 5.82 Å². The number of nitrogens with zero attached hydrogens (tertiary/aromatic N) is 1. The minimum Gasteiger partial charge on any atom is -0.490 e. The fourth-order valence-corrected chi connectivity index (χ4v) is 2.94. The van der Waals surface area contributed by atoms with E-state index in [9.17, 15) is 0 Å². The van der Waals surface area contributed by atoms with Gasteiger partial charge in [0.1, 0.15) is 0 Å². The second-order valence-corrected chi connectivity index (χ2v) is 5.87. The molecule has 112 valence electrons.